The predicted octanol–water partition coefficient (Wildman–Crippen LogP) is 4.15. The largest absolute Gasteiger partial charge is 0.487 e. The van der Waals surface area contributed by atoms with Crippen molar-refractivity contribution in [3.05, 3.63) is 88.0 Å². The molecule has 1 N–H and O–H groups in total. The number of halogens is 2. The Kier molecular flexibility index (Phi) is 6.06. The minimum atomic E-state index is -0.399. The molecule has 1 aliphatic rings. The van der Waals surface area contributed by atoms with Crippen LogP contribution in [0.2, 0.25) is 0 Å². The van der Waals surface area contributed by atoms with Crippen molar-refractivity contribution in [2.45, 2.75) is 26.0 Å². The van der Waals surface area contributed by atoms with Gasteiger partial charge in [-0.05, 0) is 49.4 Å². The van der Waals surface area contributed by atoms with Crippen LogP contribution in [0, 0.1) is 5.82 Å². The molecule has 8 heteroatoms. The molecule has 0 radical (unpaired) electrons. The highest BCUT2D eigenvalue weighted by atomic mass is 35.5. The van der Waals surface area contributed by atoms with E-state index in [4.69, 9.17) is 9.15 Å². The minimum absolute atomic E-state index is 0. The summed E-state index contributed by atoms with van der Waals surface area (Å²) >= 11 is 0. The van der Waals surface area contributed by atoms with Crippen LogP contribution < -0.4 is 15.6 Å². The third-order valence-electron chi connectivity index (χ3n) is 5.26. The molecule has 3 aromatic heterocycles. The molecule has 0 atom stereocenters. The number of ether oxygens (including phenoxy) is 1. The van der Waals surface area contributed by atoms with Gasteiger partial charge in [-0.3, -0.25) is 14.3 Å². The zero-order valence-corrected chi connectivity index (χ0v) is 17.5. The van der Waals surface area contributed by atoms with E-state index in [1.165, 1.54) is 17.7 Å². The van der Waals surface area contributed by atoms with E-state index in [1.54, 1.807) is 22.9 Å². The SMILES string of the molecule is Cl.O=c1cc(OCc2ccc(F)cn2)ccn1-c1ccc2oc3c(c2c1)CNCCC3. The highest BCUT2D eigenvalue weighted by Crippen LogP contribution is 2.30. The second kappa shape index (κ2) is 8.91. The molecule has 0 unspecified atom stereocenters. The topological polar surface area (TPSA) is 69.3 Å². The van der Waals surface area contributed by atoms with E-state index in [0.717, 1.165) is 54.5 Å². The molecule has 4 heterocycles. The lowest BCUT2D eigenvalue weighted by Gasteiger charge is -2.09. The lowest BCUT2D eigenvalue weighted by Crippen LogP contribution is -2.17. The fourth-order valence-corrected chi connectivity index (χ4v) is 3.73. The summed E-state index contributed by atoms with van der Waals surface area (Å²) in [5.74, 6) is 1.06. The number of pyridine rings is 2. The highest BCUT2D eigenvalue weighted by molar-refractivity contribution is 5.85. The smallest absolute Gasteiger partial charge is 0.258 e. The van der Waals surface area contributed by atoms with Gasteiger partial charge in [-0.2, -0.15) is 0 Å². The molecular formula is C23H21ClFN3O3. The molecule has 0 saturated heterocycles. The lowest BCUT2D eigenvalue weighted by molar-refractivity contribution is 0.300. The van der Waals surface area contributed by atoms with Gasteiger partial charge in [-0.25, -0.2) is 4.39 Å². The van der Waals surface area contributed by atoms with Crippen LogP contribution >= 0.6 is 12.4 Å². The number of fused-ring (bicyclic) bond motifs is 3. The van der Waals surface area contributed by atoms with Crippen LogP contribution in [0.1, 0.15) is 23.4 Å². The van der Waals surface area contributed by atoms with Crippen LogP contribution in [0.15, 0.2) is 64.1 Å². The maximum atomic E-state index is 12.9. The molecule has 4 aromatic rings. The third-order valence-corrected chi connectivity index (χ3v) is 5.26. The Morgan fingerprint density at radius 2 is 2.10 bits per heavy atom. The second-order valence-electron chi connectivity index (χ2n) is 7.29. The van der Waals surface area contributed by atoms with E-state index in [0.29, 0.717) is 11.4 Å². The van der Waals surface area contributed by atoms with Crippen molar-refractivity contribution in [1.82, 2.24) is 14.9 Å². The Balaban J connectivity index is 0.00000231. The molecule has 5 rings (SSSR count). The Hall–Kier alpha value is -3.16. The average Bonchev–Trinajstić information content (AvgIpc) is 2.93. The number of aromatic nitrogens is 2. The number of nitrogens with one attached hydrogen (secondary N) is 1. The summed E-state index contributed by atoms with van der Waals surface area (Å²) in [6, 6.07) is 11.8. The van der Waals surface area contributed by atoms with Gasteiger partial charge in [0.1, 0.15) is 29.5 Å². The van der Waals surface area contributed by atoms with Crippen LogP contribution in [0.25, 0.3) is 16.7 Å². The van der Waals surface area contributed by atoms with E-state index >= 15 is 0 Å². The van der Waals surface area contributed by atoms with Crippen molar-refractivity contribution < 1.29 is 13.5 Å². The van der Waals surface area contributed by atoms with Gasteiger partial charge in [0.2, 0.25) is 0 Å². The second-order valence-corrected chi connectivity index (χ2v) is 7.29. The lowest BCUT2D eigenvalue weighted by atomic mass is 10.1. The normalized spacial score (nSPS) is 13.3. The third kappa shape index (κ3) is 4.33. The molecule has 0 spiro atoms. The molecule has 160 valence electrons. The van der Waals surface area contributed by atoms with Gasteiger partial charge in [0, 0.05) is 41.9 Å². The standard InChI is InChI=1S/C23H20FN3O3.ClH/c24-15-3-4-16(26-12-15)14-29-18-7-9-27(23(28)11-18)17-5-6-22-19(10-17)20-13-25-8-1-2-21(20)30-22;/h3-7,9-12,25H,1-2,8,13-14H2;1H. The highest BCUT2D eigenvalue weighted by Gasteiger charge is 2.17. The number of hydrogen-bond acceptors (Lipinski definition) is 5. The van der Waals surface area contributed by atoms with Crippen LogP contribution in [0.3, 0.4) is 0 Å². The van der Waals surface area contributed by atoms with Crippen molar-refractivity contribution in [3.8, 4) is 11.4 Å². The molecule has 0 aliphatic carbocycles. The van der Waals surface area contributed by atoms with Crippen LogP contribution in [0.4, 0.5) is 4.39 Å². The summed E-state index contributed by atoms with van der Waals surface area (Å²) in [6.45, 7) is 1.90. The molecule has 0 amide bonds. The summed E-state index contributed by atoms with van der Waals surface area (Å²) in [5, 5.41) is 4.45. The van der Waals surface area contributed by atoms with E-state index < -0.39 is 5.82 Å². The van der Waals surface area contributed by atoms with E-state index in [2.05, 4.69) is 10.3 Å². The molecule has 0 saturated carbocycles. The number of benzene rings is 1. The van der Waals surface area contributed by atoms with Crippen molar-refractivity contribution in [2.24, 2.45) is 0 Å². The van der Waals surface area contributed by atoms with E-state index in [9.17, 15) is 9.18 Å². The van der Waals surface area contributed by atoms with Gasteiger partial charge >= 0.3 is 0 Å². The molecule has 31 heavy (non-hydrogen) atoms. The monoisotopic (exact) mass is 441 g/mol. The first-order chi connectivity index (χ1) is 14.7. The Labute approximate surface area is 184 Å². The molecular weight excluding hydrogens is 421 g/mol. The molecule has 0 fully saturated rings. The van der Waals surface area contributed by atoms with Crippen molar-refractivity contribution >= 4 is 23.4 Å². The summed E-state index contributed by atoms with van der Waals surface area (Å²) in [5.41, 5.74) is 3.16. The Bertz CT molecular complexity index is 1270. The number of rotatable bonds is 4. The summed E-state index contributed by atoms with van der Waals surface area (Å²) in [6.07, 6.45) is 4.79. The molecule has 1 aliphatic heterocycles. The minimum Gasteiger partial charge on any atom is -0.487 e. The molecule has 0 bridgehead atoms. The van der Waals surface area contributed by atoms with Gasteiger partial charge in [0.05, 0.1) is 11.9 Å². The van der Waals surface area contributed by atoms with E-state index in [1.807, 2.05) is 18.2 Å². The first-order valence-electron chi connectivity index (χ1n) is 9.89. The van der Waals surface area contributed by atoms with Gasteiger partial charge in [0.25, 0.3) is 5.56 Å². The first-order valence-corrected chi connectivity index (χ1v) is 9.89. The maximum absolute atomic E-state index is 12.9. The zero-order chi connectivity index (χ0) is 20.5. The Morgan fingerprint density at radius 3 is 2.90 bits per heavy atom. The van der Waals surface area contributed by atoms with Gasteiger partial charge in [-0.1, -0.05) is 0 Å². The van der Waals surface area contributed by atoms with E-state index in [-0.39, 0.29) is 24.6 Å². The predicted molar refractivity (Wildman–Crippen MR) is 118 cm³/mol. The number of aryl methyl sites for hydroxylation is 1. The number of nitrogens with zero attached hydrogens (tertiary/aromatic N) is 2. The maximum Gasteiger partial charge on any atom is 0.258 e. The quantitative estimate of drug-likeness (QED) is 0.515. The van der Waals surface area contributed by atoms with Crippen LogP contribution in [-0.2, 0) is 19.6 Å². The first kappa shape index (κ1) is 21.1. The summed E-state index contributed by atoms with van der Waals surface area (Å²) in [4.78, 5) is 16.6. The zero-order valence-electron chi connectivity index (χ0n) is 16.6. The Morgan fingerprint density at radius 1 is 1.19 bits per heavy atom. The van der Waals surface area contributed by atoms with Gasteiger partial charge < -0.3 is 14.5 Å². The van der Waals surface area contributed by atoms with Crippen LogP contribution in [-0.4, -0.2) is 16.1 Å². The summed E-state index contributed by atoms with van der Waals surface area (Å²) < 4.78 is 26.2. The van der Waals surface area contributed by atoms with Crippen LogP contribution in [0.5, 0.6) is 5.75 Å². The average molecular weight is 442 g/mol. The van der Waals surface area contributed by atoms with Gasteiger partial charge in [-0.15, -0.1) is 12.4 Å². The number of furan rings is 1. The molecule has 1 aromatic carbocycles. The van der Waals surface area contributed by atoms with Crippen molar-refractivity contribution in [1.29, 1.82) is 0 Å². The number of hydrogen-bond donors (Lipinski definition) is 1. The van der Waals surface area contributed by atoms with Crippen molar-refractivity contribution in [3.63, 3.8) is 0 Å². The fraction of sp³-hybridized carbons (Fsp3) is 0.217. The van der Waals surface area contributed by atoms with Crippen molar-refractivity contribution in [2.75, 3.05) is 6.54 Å². The van der Waals surface area contributed by atoms with Gasteiger partial charge in [0.15, 0.2) is 0 Å². The summed E-state index contributed by atoms with van der Waals surface area (Å²) in [7, 11) is 0. The molecule has 6 nitrogen and oxygen atoms in total. The fourth-order valence-electron chi connectivity index (χ4n) is 3.73.